The van der Waals surface area contributed by atoms with Crippen molar-refractivity contribution < 1.29 is 9.53 Å². The number of amides is 1. The lowest BCUT2D eigenvalue weighted by Crippen LogP contribution is -2.40. The lowest BCUT2D eigenvalue weighted by molar-refractivity contribution is -0.137. The van der Waals surface area contributed by atoms with E-state index in [0.717, 1.165) is 30.7 Å². The van der Waals surface area contributed by atoms with Crippen LogP contribution >= 0.6 is 11.6 Å². The Morgan fingerprint density at radius 2 is 2.00 bits per heavy atom. The number of ether oxygens (including phenoxy) is 1. The zero-order chi connectivity index (χ0) is 16.5. The number of hydrogen-bond donors (Lipinski definition) is 0. The molecule has 4 heteroatoms. The Hall–Kier alpha value is -2.00. The summed E-state index contributed by atoms with van der Waals surface area (Å²) in [6.07, 6.45) is 2.79. The molecule has 2 aliphatic heterocycles. The molecule has 2 aliphatic rings. The van der Waals surface area contributed by atoms with Crippen LogP contribution < -0.4 is 4.74 Å². The molecule has 0 radical (unpaired) electrons. The second kappa shape index (κ2) is 6.48. The van der Waals surface area contributed by atoms with Crippen LogP contribution in [0, 0.1) is 5.92 Å². The Balaban J connectivity index is 1.53. The second-order valence-electron chi connectivity index (χ2n) is 6.56. The van der Waals surface area contributed by atoms with E-state index in [0.29, 0.717) is 18.1 Å². The van der Waals surface area contributed by atoms with Crippen LogP contribution in [0.1, 0.15) is 30.0 Å². The van der Waals surface area contributed by atoms with Crippen molar-refractivity contribution in [2.45, 2.75) is 25.3 Å². The van der Waals surface area contributed by atoms with Gasteiger partial charge in [-0.2, -0.15) is 0 Å². The van der Waals surface area contributed by atoms with Crippen molar-refractivity contribution in [2.75, 3.05) is 13.2 Å². The van der Waals surface area contributed by atoms with Gasteiger partial charge in [-0.25, -0.2) is 0 Å². The van der Waals surface area contributed by atoms with Gasteiger partial charge < -0.3 is 9.64 Å². The summed E-state index contributed by atoms with van der Waals surface area (Å²) in [6, 6.07) is 16.1. The number of fused-ring (bicyclic) bond motifs is 1. The van der Waals surface area contributed by atoms with Gasteiger partial charge in [0.25, 0.3) is 0 Å². The highest BCUT2D eigenvalue weighted by Gasteiger charge is 2.36. The smallest absolute Gasteiger partial charge is 0.229 e. The van der Waals surface area contributed by atoms with E-state index >= 15 is 0 Å². The quantitative estimate of drug-likeness (QED) is 0.817. The average molecular weight is 342 g/mol. The summed E-state index contributed by atoms with van der Waals surface area (Å²) in [6.45, 7) is 1.28. The lowest BCUT2D eigenvalue weighted by Gasteiger charge is -2.31. The predicted molar refractivity (Wildman–Crippen MR) is 94.3 cm³/mol. The van der Waals surface area contributed by atoms with Crippen LogP contribution in [0.3, 0.4) is 0 Å². The van der Waals surface area contributed by atoms with Gasteiger partial charge >= 0.3 is 0 Å². The fourth-order valence-electron chi connectivity index (χ4n) is 3.81. The van der Waals surface area contributed by atoms with Crippen molar-refractivity contribution in [3.05, 3.63) is 64.7 Å². The maximum Gasteiger partial charge on any atom is 0.229 e. The van der Waals surface area contributed by atoms with Crippen molar-refractivity contribution in [3.8, 4) is 5.75 Å². The number of benzene rings is 2. The molecule has 1 fully saturated rings. The molecule has 2 aromatic carbocycles. The van der Waals surface area contributed by atoms with Crippen molar-refractivity contribution >= 4 is 17.5 Å². The monoisotopic (exact) mass is 341 g/mol. The van der Waals surface area contributed by atoms with E-state index in [9.17, 15) is 4.79 Å². The van der Waals surface area contributed by atoms with Gasteiger partial charge in [-0.15, -0.1) is 0 Å². The zero-order valence-corrected chi connectivity index (χ0v) is 14.2. The van der Waals surface area contributed by atoms with Crippen LogP contribution in [-0.4, -0.2) is 24.0 Å². The van der Waals surface area contributed by atoms with E-state index in [4.69, 9.17) is 16.3 Å². The highest BCUT2D eigenvalue weighted by molar-refractivity contribution is 6.30. The summed E-state index contributed by atoms with van der Waals surface area (Å²) in [5.74, 6) is 0.928. The number of nitrogens with zero attached hydrogens (tertiary/aromatic N) is 1. The number of halogens is 1. The van der Waals surface area contributed by atoms with Crippen molar-refractivity contribution in [2.24, 2.45) is 5.92 Å². The highest BCUT2D eigenvalue weighted by Crippen LogP contribution is 2.36. The Morgan fingerprint density at radius 3 is 2.83 bits per heavy atom. The molecule has 0 aromatic heterocycles. The van der Waals surface area contributed by atoms with Crippen LogP contribution in [0.15, 0.2) is 48.5 Å². The minimum absolute atomic E-state index is 0.125. The van der Waals surface area contributed by atoms with Gasteiger partial charge in [0.05, 0.1) is 12.0 Å². The second-order valence-corrected chi connectivity index (χ2v) is 7.00. The molecule has 4 rings (SSSR count). The van der Waals surface area contributed by atoms with Gasteiger partial charge in [-0.3, -0.25) is 4.79 Å². The Labute approximate surface area is 147 Å². The summed E-state index contributed by atoms with van der Waals surface area (Å²) < 4.78 is 5.81. The van der Waals surface area contributed by atoms with Gasteiger partial charge in [-0.05, 0) is 48.6 Å². The normalized spacial score (nSPS) is 22.8. The number of carbonyl (C=O) groups is 1. The molecule has 0 aliphatic carbocycles. The summed E-state index contributed by atoms with van der Waals surface area (Å²) in [5.41, 5.74) is 2.26. The molecule has 2 atom stereocenters. The van der Waals surface area contributed by atoms with Gasteiger partial charge in [0.15, 0.2) is 0 Å². The molecular weight excluding hydrogens is 322 g/mol. The third kappa shape index (κ3) is 2.89. The SMILES string of the molecule is O=C([C@H]1COc2ccc(Cl)cc2C1)N1CCC[C@@H]1c1ccccc1. The summed E-state index contributed by atoms with van der Waals surface area (Å²) in [5, 5.41) is 0.689. The fourth-order valence-corrected chi connectivity index (χ4v) is 4.00. The predicted octanol–water partition coefficient (Wildman–Crippen LogP) is 4.25. The molecule has 0 saturated carbocycles. The maximum atomic E-state index is 13.1. The molecule has 124 valence electrons. The number of likely N-dealkylation sites (tertiary alicyclic amines) is 1. The summed E-state index contributed by atoms with van der Waals surface area (Å²) in [4.78, 5) is 15.1. The standard InChI is InChI=1S/C20H20ClNO2/c21-17-8-9-19-15(12-17)11-16(13-24-19)20(23)22-10-4-7-18(22)14-5-2-1-3-6-14/h1-3,5-6,8-9,12,16,18H,4,7,10-11,13H2/t16-,18-/m1/s1. The lowest BCUT2D eigenvalue weighted by atomic mass is 9.94. The van der Waals surface area contributed by atoms with E-state index in [1.807, 2.05) is 41.3 Å². The van der Waals surface area contributed by atoms with Gasteiger partial charge in [0, 0.05) is 11.6 Å². The zero-order valence-electron chi connectivity index (χ0n) is 13.5. The minimum atomic E-state index is -0.125. The van der Waals surface area contributed by atoms with Crippen LogP contribution in [0.25, 0.3) is 0 Å². The number of rotatable bonds is 2. The van der Waals surface area contributed by atoms with Crippen LogP contribution in [0.5, 0.6) is 5.75 Å². The van der Waals surface area contributed by atoms with E-state index in [2.05, 4.69) is 12.1 Å². The molecule has 2 heterocycles. The molecule has 2 aromatic rings. The van der Waals surface area contributed by atoms with E-state index < -0.39 is 0 Å². The Bertz CT molecular complexity index is 747. The summed E-state index contributed by atoms with van der Waals surface area (Å²) >= 11 is 6.08. The minimum Gasteiger partial charge on any atom is -0.492 e. The van der Waals surface area contributed by atoms with Gasteiger partial charge in [0.1, 0.15) is 12.4 Å². The first-order chi connectivity index (χ1) is 11.7. The highest BCUT2D eigenvalue weighted by atomic mass is 35.5. The molecule has 0 spiro atoms. The molecule has 24 heavy (non-hydrogen) atoms. The molecule has 3 nitrogen and oxygen atoms in total. The first kappa shape index (κ1) is 15.5. The van der Waals surface area contributed by atoms with Crippen LogP contribution in [0.4, 0.5) is 0 Å². The van der Waals surface area contributed by atoms with Crippen LogP contribution in [0.2, 0.25) is 5.02 Å². The third-order valence-corrected chi connectivity index (χ3v) is 5.23. The van der Waals surface area contributed by atoms with E-state index in [1.54, 1.807) is 0 Å². The van der Waals surface area contributed by atoms with Crippen molar-refractivity contribution in [3.63, 3.8) is 0 Å². The van der Waals surface area contributed by atoms with Crippen LogP contribution in [-0.2, 0) is 11.2 Å². The van der Waals surface area contributed by atoms with E-state index in [1.165, 1.54) is 5.56 Å². The molecule has 0 N–H and O–H groups in total. The molecule has 1 amide bonds. The largest absolute Gasteiger partial charge is 0.492 e. The first-order valence-corrected chi connectivity index (χ1v) is 8.87. The first-order valence-electron chi connectivity index (χ1n) is 8.49. The van der Waals surface area contributed by atoms with E-state index in [-0.39, 0.29) is 17.9 Å². The van der Waals surface area contributed by atoms with Crippen molar-refractivity contribution in [1.29, 1.82) is 0 Å². The van der Waals surface area contributed by atoms with Gasteiger partial charge in [0.2, 0.25) is 5.91 Å². The molecule has 1 saturated heterocycles. The number of hydrogen-bond acceptors (Lipinski definition) is 2. The Morgan fingerprint density at radius 1 is 1.17 bits per heavy atom. The fraction of sp³-hybridized carbons (Fsp3) is 0.350. The topological polar surface area (TPSA) is 29.5 Å². The third-order valence-electron chi connectivity index (χ3n) is 5.00. The summed E-state index contributed by atoms with van der Waals surface area (Å²) in [7, 11) is 0. The average Bonchev–Trinajstić information content (AvgIpc) is 3.11. The van der Waals surface area contributed by atoms with Crippen molar-refractivity contribution in [1.82, 2.24) is 4.90 Å². The molecule has 0 unspecified atom stereocenters. The molecular formula is C20H20ClNO2. The van der Waals surface area contributed by atoms with Gasteiger partial charge in [-0.1, -0.05) is 41.9 Å². The maximum absolute atomic E-state index is 13.1. The molecule has 0 bridgehead atoms. The Kier molecular flexibility index (Phi) is 4.19. The number of carbonyl (C=O) groups excluding carboxylic acids is 1.